The van der Waals surface area contributed by atoms with Gasteiger partial charge in [0, 0.05) is 17.1 Å². The summed E-state index contributed by atoms with van der Waals surface area (Å²) in [6.07, 6.45) is 4.80. The van der Waals surface area contributed by atoms with Crippen LogP contribution in [0, 0.1) is 11.3 Å². The van der Waals surface area contributed by atoms with Crippen molar-refractivity contribution in [3.8, 4) is 6.07 Å². The molecule has 3 nitrogen and oxygen atoms in total. The summed E-state index contributed by atoms with van der Waals surface area (Å²) in [6.45, 7) is 6.47. The monoisotopic (exact) mass is 298 g/mol. The minimum atomic E-state index is -1.71. The van der Waals surface area contributed by atoms with Gasteiger partial charge in [-0.3, -0.25) is 0 Å². The maximum atomic E-state index is 9.65. The molecule has 1 aliphatic rings. The molecule has 1 aromatic heterocycles. The predicted octanol–water partition coefficient (Wildman–Crippen LogP) is 4.55. The Kier molecular flexibility index (Phi) is 3.43. The lowest BCUT2D eigenvalue weighted by molar-refractivity contribution is 0.126. The maximum Gasteiger partial charge on any atom is 0.185 e. The van der Waals surface area contributed by atoms with Crippen LogP contribution in [0.15, 0.2) is 30.5 Å². The van der Waals surface area contributed by atoms with E-state index in [1.807, 2.05) is 6.07 Å². The molecule has 1 fully saturated rings. The third kappa shape index (κ3) is 2.76. The van der Waals surface area contributed by atoms with Crippen molar-refractivity contribution in [2.45, 2.75) is 50.4 Å². The van der Waals surface area contributed by atoms with Crippen molar-refractivity contribution < 1.29 is 4.43 Å². The summed E-state index contributed by atoms with van der Waals surface area (Å²) in [7, 11) is -1.71. The van der Waals surface area contributed by atoms with Crippen LogP contribution in [0.4, 0.5) is 0 Å². The van der Waals surface area contributed by atoms with Gasteiger partial charge in [-0.2, -0.15) is 5.26 Å². The lowest BCUT2D eigenvalue weighted by Gasteiger charge is -2.30. The second-order valence-corrected chi connectivity index (χ2v) is 11.5. The summed E-state index contributed by atoms with van der Waals surface area (Å²) >= 11 is 0. The van der Waals surface area contributed by atoms with Crippen molar-refractivity contribution >= 4 is 19.2 Å². The summed E-state index contributed by atoms with van der Waals surface area (Å²) in [5, 5.41) is 10.9. The van der Waals surface area contributed by atoms with E-state index in [2.05, 4.69) is 55.1 Å². The highest BCUT2D eigenvalue weighted by Crippen LogP contribution is 2.45. The van der Waals surface area contributed by atoms with E-state index < -0.39 is 13.9 Å². The number of aromatic nitrogens is 1. The third-order valence-corrected chi connectivity index (χ3v) is 5.24. The fraction of sp³-hybridized carbons (Fsp3) is 0.471. The summed E-state index contributed by atoms with van der Waals surface area (Å²) in [5.41, 5.74) is 1.93. The summed E-state index contributed by atoms with van der Waals surface area (Å²) < 4.78 is 6.24. The number of H-pyrrole nitrogens is 1. The van der Waals surface area contributed by atoms with Gasteiger partial charge in [0.1, 0.15) is 5.60 Å². The van der Waals surface area contributed by atoms with Crippen LogP contribution < -0.4 is 0 Å². The number of nitrogens with zero attached hydrogens (tertiary/aromatic N) is 1. The molecule has 3 rings (SSSR count). The van der Waals surface area contributed by atoms with Crippen LogP contribution >= 0.6 is 0 Å². The largest absolute Gasteiger partial charge is 0.400 e. The SMILES string of the molecule is C[Si](C)(C)OC1(C#N)CCC(c2c[nH]c3ccccc23)C1. The van der Waals surface area contributed by atoms with Gasteiger partial charge in [-0.25, -0.2) is 0 Å². The Bertz CT molecular complexity index is 695. The Morgan fingerprint density at radius 3 is 2.81 bits per heavy atom. The van der Waals surface area contributed by atoms with Crippen LogP contribution in [0.5, 0.6) is 0 Å². The molecular formula is C17H22N2OSi. The molecule has 0 aliphatic heterocycles. The standard InChI is InChI=1S/C17H22N2OSi/c1-21(2,3)20-17(12-18)9-8-13(10-17)15-11-19-16-7-5-4-6-14(15)16/h4-7,11,13,19H,8-10H2,1-3H3. The van der Waals surface area contributed by atoms with Gasteiger partial charge in [-0.1, -0.05) is 18.2 Å². The molecule has 2 aromatic rings. The van der Waals surface area contributed by atoms with E-state index in [1.54, 1.807) is 0 Å². The number of rotatable bonds is 3. The molecule has 21 heavy (non-hydrogen) atoms. The van der Waals surface area contributed by atoms with E-state index in [0.717, 1.165) is 19.3 Å². The molecule has 2 unspecified atom stereocenters. The Balaban J connectivity index is 1.88. The molecule has 2 atom stereocenters. The molecule has 0 radical (unpaired) electrons. The molecule has 0 bridgehead atoms. The summed E-state index contributed by atoms with van der Waals surface area (Å²) in [5.74, 6) is 0.414. The van der Waals surface area contributed by atoms with Crippen molar-refractivity contribution in [3.05, 3.63) is 36.0 Å². The van der Waals surface area contributed by atoms with Crippen LogP contribution in [0.2, 0.25) is 19.6 Å². The number of aromatic amines is 1. The van der Waals surface area contributed by atoms with Gasteiger partial charge in [0.05, 0.1) is 6.07 Å². The lowest BCUT2D eigenvalue weighted by Crippen LogP contribution is -2.40. The smallest absolute Gasteiger partial charge is 0.185 e. The highest BCUT2D eigenvalue weighted by molar-refractivity contribution is 6.69. The van der Waals surface area contributed by atoms with Gasteiger partial charge < -0.3 is 9.41 Å². The Morgan fingerprint density at radius 2 is 2.10 bits per heavy atom. The molecule has 1 heterocycles. The average molecular weight is 298 g/mol. The van der Waals surface area contributed by atoms with Gasteiger partial charge in [-0.15, -0.1) is 0 Å². The van der Waals surface area contributed by atoms with Crippen molar-refractivity contribution in [2.75, 3.05) is 0 Å². The van der Waals surface area contributed by atoms with Crippen molar-refractivity contribution in [2.24, 2.45) is 0 Å². The van der Waals surface area contributed by atoms with E-state index >= 15 is 0 Å². The van der Waals surface area contributed by atoms with E-state index in [-0.39, 0.29) is 0 Å². The first-order chi connectivity index (χ1) is 9.92. The molecule has 110 valence electrons. The Hall–Kier alpha value is -1.57. The number of nitriles is 1. The van der Waals surface area contributed by atoms with Gasteiger partial charge in [0.2, 0.25) is 0 Å². The highest BCUT2D eigenvalue weighted by Gasteiger charge is 2.44. The number of hydrogen-bond donors (Lipinski definition) is 1. The zero-order valence-corrected chi connectivity index (χ0v) is 13.9. The van der Waals surface area contributed by atoms with Gasteiger partial charge in [-0.05, 0) is 56.5 Å². The number of benzene rings is 1. The minimum Gasteiger partial charge on any atom is -0.400 e. The van der Waals surface area contributed by atoms with Crippen molar-refractivity contribution in [1.82, 2.24) is 4.98 Å². The fourth-order valence-electron chi connectivity index (χ4n) is 3.51. The molecule has 1 aromatic carbocycles. The van der Waals surface area contributed by atoms with Gasteiger partial charge in [0.25, 0.3) is 0 Å². The zero-order chi connectivity index (χ0) is 15.1. The Labute approximate surface area is 127 Å². The molecule has 1 N–H and O–H groups in total. The normalized spacial score (nSPS) is 26.1. The second kappa shape index (κ2) is 5.01. The van der Waals surface area contributed by atoms with Gasteiger partial charge >= 0.3 is 0 Å². The highest BCUT2D eigenvalue weighted by atomic mass is 28.4. The second-order valence-electron chi connectivity index (χ2n) is 7.05. The number of para-hydroxylation sites is 1. The van der Waals surface area contributed by atoms with E-state index in [0.29, 0.717) is 5.92 Å². The number of fused-ring (bicyclic) bond motifs is 1. The molecule has 1 saturated carbocycles. The van der Waals surface area contributed by atoms with Crippen molar-refractivity contribution in [3.63, 3.8) is 0 Å². The molecular weight excluding hydrogens is 276 g/mol. The van der Waals surface area contributed by atoms with E-state index in [4.69, 9.17) is 4.43 Å². The predicted molar refractivity (Wildman–Crippen MR) is 87.7 cm³/mol. The van der Waals surface area contributed by atoms with Crippen LogP contribution in [0.25, 0.3) is 10.9 Å². The third-order valence-electron chi connectivity index (χ3n) is 4.24. The number of nitrogens with one attached hydrogen (secondary N) is 1. The lowest BCUT2D eigenvalue weighted by atomic mass is 9.95. The molecule has 4 heteroatoms. The van der Waals surface area contributed by atoms with Crippen molar-refractivity contribution in [1.29, 1.82) is 5.26 Å². The Morgan fingerprint density at radius 1 is 1.33 bits per heavy atom. The average Bonchev–Trinajstić information content (AvgIpc) is 3.01. The fourth-order valence-corrected chi connectivity index (χ4v) is 4.91. The number of hydrogen-bond acceptors (Lipinski definition) is 2. The summed E-state index contributed by atoms with van der Waals surface area (Å²) in [4.78, 5) is 3.34. The molecule has 0 saturated heterocycles. The molecule has 1 aliphatic carbocycles. The molecule has 0 amide bonds. The maximum absolute atomic E-state index is 9.65. The minimum absolute atomic E-state index is 0.414. The first-order valence-corrected chi connectivity index (χ1v) is 11.0. The van der Waals surface area contributed by atoms with Crippen LogP contribution in [0.1, 0.15) is 30.7 Å². The van der Waals surface area contributed by atoms with Gasteiger partial charge in [0.15, 0.2) is 8.32 Å². The quantitative estimate of drug-likeness (QED) is 0.845. The molecule has 0 spiro atoms. The zero-order valence-electron chi connectivity index (χ0n) is 12.9. The topological polar surface area (TPSA) is 48.8 Å². The first-order valence-electron chi connectivity index (χ1n) is 7.60. The van der Waals surface area contributed by atoms with Crippen LogP contribution in [-0.2, 0) is 4.43 Å². The van der Waals surface area contributed by atoms with Crippen LogP contribution in [-0.4, -0.2) is 18.9 Å². The van der Waals surface area contributed by atoms with Crippen LogP contribution in [0.3, 0.4) is 0 Å². The first kappa shape index (κ1) is 14.4. The van der Waals surface area contributed by atoms with E-state index in [9.17, 15) is 5.26 Å². The summed E-state index contributed by atoms with van der Waals surface area (Å²) in [6, 6.07) is 10.9. The van der Waals surface area contributed by atoms with E-state index in [1.165, 1.54) is 16.5 Å².